The van der Waals surface area contributed by atoms with Crippen molar-refractivity contribution < 1.29 is 21.9 Å². The number of sulfonamides is 1. The topological polar surface area (TPSA) is 113 Å². The molecule has 0 saturated heterocycles. The standard InChI is InChI=1S/C8H12N2O5S2/c1-16(12,13)5-6-17(14,15)10-8-7(11)3-2-4-9-8/h2-4,11H,5-6H2,1H3,(H,9,10). The fourth-order valence-electron chi connectivity index (χ4n) is 0.935. The Labute approximate surface area is 99.5 Å². The highest BCUT2D eigenvalue weighted by Gasteiger charge is 2.16. The summed E-state index contributed by atoms with van der Waals surface area (Å²) in [7, 11) is -7.20. The number of pyridine rings is 1. The molecule has 0 aliphatic rings. The molecule has 2 N–H and O–H groups in total. The van der Waals surface area contributed by atoms with Gasteiger partial charge < -0.3 is 5.11 Å². The molecule has 0 fully saturated rings. The van der Waals surface area contributed by atoms with E-state index in [1.165, 1.54) is 18.3 Å². The highest BCUT2D eigenvalue weighted by molar-refractivity contribution is 7.95. The molecule has 0 amide bonds. The lowest BCUT2D eigenvalue weighted by Crippen LogP contribution is -2.22. The Balaban J connectivity index is 2.78. The van der Waals surface area contributed by atoms with E-state index in [1.54, 1.807) is 0 Å². The summed E-state index contributed by atoms with van der Waals surface area (Å²) in [6.07, 6.45) is 2.24. The summed E-state index contributed by atoms with van der Waals surface area (Å²) in [6.45, 7) is 0. The SMILES string of the molecule is CS(=O)(=O)CCS(=O)(=O)Nc1ncccc1O. The van der Waals surface area contributed by atoms with Crippen LogP contribution in [0.1, 0.15) is 0 Å². The van der Waals surface area contributed by atoms with E-state index in [4.69, 9.17) is 0 Å². The van der Waals surface area contributed by atoms with Crippen molar-refractivity contribution in [1.82, 2.24) is 4.98 Å². The minimum Gasteiger partial charge on any atom is -0.504 e. The lowest BCUT2D eigenvalue weighted by atomic mass is 10.4. The van der Waals surface area contributed by atoms with Gasteiger partial charge in [-0.3, -0.25) is 4.72 Å². The number of anilines is 1. The molecule has 96 valence electrons. The summed E-state index contributed by atoms with van der Waals surface area (Å²) >= 11 is 0. The van der Waals surface area contributed by atoms with E-state index in [-0.39, 0.29) is 11.6 Å². The molecule has 17 heavy (non-hydrogen) atoms. The van der Waals surface area contributed by atoms with E-state index < -0.39 is 31.4 Å². The number of hydrogen-bond acceptors (Lipinski definition) is 6. The van der Waals surface area contributed by atoms with Crippen LogP contribution in [-0.4, -0.2) is 44.7 Å². The molecule has 9 heteroatoms. The number of aromatic nitrogens is 1. The van der Waals surface area contributed by atoms with Crippen molar-refractivity contribution in [3.8, 4) is 5.75 Å². The van der Waals surface area contributed by atoms with Crippen molar-refractivity contribution in [3.63, 3.8) is 0 Å². The van der Waals surface area contributed by atoms with Crippen molar-refractivity contribution >= 4 is 25.7 Å². The Morgan fingerprint density at radius 3 is 2.47 bits per heavy atom. The molecule has 1 aromatic rings. The number of hydrogen-bond donors (Lipinski definition) is 2. The fraction of sp³-hybridized carbons (Fsp3) is 0.375. The second kappa shape index (κ2) is 4.88. The van der Waals surface area contributed by atoms with E-state index in [0.29, 0.717) is 0 Å². The van der Waals surface area contributed by atoms with Gasteiger partial charge >= 0.3 is 0 Å². The van der Waals surface area contributed by atoms with Gasteiger partial charge in [0.2, 0.25) is 10.0 Å². The molecule has 1 rings (SSSR count). The van der Waals surface area contributed by atoms with Gasteiger partial charge in [-0.1, -0.05) is 0 Å². The third kappa shape index (κ3) is 5.00. The van der Waals surface area contributed by atoms with Crippen LogP contribution in [0.3, 0.4) is 0 Å². The smallest absolute Gasteiger partial charge is 0.234 e. The molecule has 1 heterocycles. The average Bonchev–Trinajstić information content (AvgIpc) is 2.18. The number of nitrogens with zero attached hydrogens (tertiary/aromatic N) is 1. The van der Waals surface area contributed by atoms with E-state index in [2.05, 4.69) is 4.98 Å². The minimum absolute atomic E-state index is 0.221. The van der Waals surface area contributed by atoms with Crippen LogP contribution < -0.4 is 4.72 Å². The first kappa shape index (κ1) is 13.7. The predicted octanol–water partition coefficient (Wildman–Crippen LogP) is -0.426. The molecule has 0 aliphatic carbocycles. The summed E-state index contributed by atoms with van der Waals surface area (Å²) < 4.78 is 46.6. The van der Waals surface area contributed by atoms with Gasteiger partial charge in [-0.15, -0.1) is 0 Å². The third-order valence-corrected chi connectivity index (χ3v) is 4.21. The maximum absolute atomic E-state index is 11.5. The quantitative estimate of drug-likeness (QED) is 0.757. The molecule has 0 aliphatic heterocycles. The monoisotopic (exact) mass is 280 g/mol. The molecule has 0 saturated carbocycles. The van der Waals surface area contributed by atoms with Crippen LogP contribution in [-0.2, 0) is 19.9 Å². The van der Waals surface area contributed by atoms with Crippen molar-refractivity contribution in [2.24, 2.45) is 0 Å². The Morgan fingerprint density at radius 2 is 1.94 bits per heavy atom. The largest absolute Gasteiger partial charge is 0.504 e. The Hall–Kier alpha value is -1.35. The van der Waals surface area contributed by atoms with E-state index >= 15 is 0 Å². The van der Waals surface area contributed by atoms with Crippen LogP contribution in [0.5, 0.6) is 5.75 Å². The summed E-state index contributed by atoms with van der Waals surface area (Å²) in [6, 6.07) is 2.70. The average molecular weight is 280 g/mol. The normalized spacial score (nSPS) is 12.3. The lowest BCUT2D eigenvalue weighted by Gasteiger charge is -2.07. The summed E-state index contributed by atoms with van der Waals surface area (Å²) in [5.74, 6) is -1.62. The van der Waals surface area contributed by atoms with Gasteiger partial charge in [0.15, 0.2) is 11.6 Å². The van der Waals surface area contributed by atoms with Gasteiger partial charge in [0, 0.05) is 12.5 Å². The summed E-state index contributed by atoms with van der Waals surface area (Å²) in [5, 5.41) is 9.29. The first-order valence-corrected chi connectivity index (χ1v) is 8.23. The lowest BCUT2D eigenvalue weighted by molar-refractivity contribution is 0.475. The molecular formula is C8H12N2O5S2. The van der Waals surface area contributed by atoms with Crippen molar-refractivity contribution in [2.75, 3.05) is 22.5 Å². The molecule has 0 aromatic carbocycles. The van der Waals surface area contributed by atoms with Gasteiger partial charge in [0.1, 0.15) is 9.84 Å². The highest BCUT2D eigenvalue weighted by Crippen LogP contribution is 2.19. The molecule has 7 nitrogen and oxygen atoms in total. The first-order valence-electron chi connectivity index (χ1n) is 4.52. The first-order chi connectivity index (χ1) is 7.70. The van der Waals surface area contributed by atoms with Gasteiger partial charge in [0.05, 0.1) is 11.5 Å². The molecule has 0 unspecified atom stereocenters. The Bertz CT molecular complexity index is 594. The molecule has 0 bridgehead atoms. The number of sulfone groups is 1. The predicted molar refractivity (Wildman–Crippen MR) is 63.0 cm³/mol. The zero-order valence-corrected chi connectivity index (χ0v) is 10.6. The van der Waals surface area contributed by atoms with E-state index in [1.807, 2.05) is 4.72 Å². The van der Waals surface area contributed by atoms with Crippen molar-refractivity contribution in [3.05, 3.63) is 18.3 Å². The fourth-order valence-corrected chi connectivity index (χ4v) is 3.58. The second-order valence-electron chi connectivity index (χ2n) is 3.42. The van der Waals surface area contributed by atoms with Crippen molar-refractivity contribution in [2.45, 2.75) is 0 Å². The molecule has 0 spiro atoms. The van der Waals surface area contributed by atoms with E-state index in [0.717, 1.165) is 6.26 Å². The van der Waals surface area contributed by atoms with Crippen LogP contribution in [0.25, 0.3) is 0 Å². The Kier molecular flexibility index (Phi) is 3.94. The zero-order chi connectivity index (χ0) is 13.1. The molecule has 0 atom stereocenters. The summed E-state index contributed by atoms with van der Waals surface area (Å²) in [5.41, 5.74) is 0. The Morgan fingerprint density at radius 1 is 1.29 bits per heavy atom. The molecule has 0 radical (unpaired) electrons. The van der Waals surface area contributed by atoms with Crippen LogP contribution >= 0.6 is 0 Å². The van der Waals surface area contributed by atoms with E-state index in [9.17, 15) is 21.9 Å². The highest BCUT2D eigenvalue weighted by atomic mass is 32.2. The van der Waals surface area contributed by atoms with Gasteiger partial charge in [-0.25, -0.2) is 21.8 Å². The summed E-state index contributed by atoms with van der Waals surface area (Å²) in [4.78, 5) is 3.62. The minimum atomic E-state index is -3.84. The van der Waals surface area contributed by atoms with Crippen LogP contribution in [0, 0.1) is 0 Å². The second-order valence-corrected chi connectivity index (χ2v) is 7.52. The van der Waals surface area contributed by atoms with Gasteiger partial charge in [0.25, 0.3) is 0 Å². The molecular weight excluding hydrogens is 268 g/mol. The van der Waals surface area contributed by atoms with Crippen LogP contribution in [0.15, 0.2) is 18.3 Å². The zero-order valence-electron chi connectivity index (χ0n) is 8.99. The number of nitrogens with one attached hydrogen (secondary N) is 1. The maximum Gasteiger partial charge on any atom is 0.234 e. The van der Waals surface area contributed by atoms with Crippen LogP contribution in [0.4, 0.5) is 5.82 Å². The maximum atomic E-state index is 11.5. The number of aromatic hydroxyl groups is 1. The van der Waals surface area contributed by atoms with Crippen LogP contribution in [0.2, 0.25) is 0 Å². The molecule has 1 aromatic heterocycles. The van der Waals surface area contributed by atoms with Gasteiger partial charge in [-0.05, 0) is 12.1 Å². The third-order valence-electron chi connectivity index (χ3n) is 1.76. The van der Waals surface area contributed by atoms with Gasteiger partial charge in [-0.2, -0.15) is 0 Å². The van der Waals surface area contributed by atoms with Crippen molar-refractivity contribution in [1.29, 1.82) is 0 Å². The number of rotatable bonds is 5.